The van der Waals surface area contributed by atoms with Gasteiger partial charge in [0.05, 0.1) is 11.2 Å². The summed E-state index contributed by atoms with van der Waals surface area (Å²) >= 11 is 0. The van der Waals surface area contributed by atoms with Gasteiger partial charge < -0.3 is 15.0 Å². The highest BCUT2D eigenvalue weighted by Crippen LogP contribution is 2.38. The summed E-state index contributed by atoms with van der Waals surface area (Å²) in [6.07, 6.45) is 1.20. The van der Waals surface area contributed by atoms with Gasteiger partial charge in [-0.05, 0) is 46.4 Å². The molecule has 0 aliphatic carbocycles. The molecule has 1 heterocycles. The summed E-state index contributed by atoms with van der Waals surface area (Å²) < 4.78 is 25.0. The molecular weight excluding hydrogens is 246 g/mol. The first-order chi connectivity index (χ1) is 8.60. The van der Waals surface area contributed by atoms with Gasteiger partial charge in [0, 0.05) is 11.7 Å². The van der Waals surface area contributed by atoms with Crippen LogP contribution in [0.2, 0.25) is 0 Å². The van der Waals surface area contributed by atoms with Crippen LogP contribution in [0, 0.1) is 0 Å². The number of hydrogen-bond acceptors (Lipinski definition) is 4. The lowest BCUT2D eigenvalue weighted by Gasteiger charge is -2.32. The van der Waals surface area contributed by atoms with Crippen molar-refractivity contribution in [3.8, 4) is 0 Å². The van der Waals surface area contributed by atoms with E-state index in [0.29, 0.717) is 11.0 Å². The summed E-state index contributed by atoms with van der Waals surface area (Å²) in [5, 5.41) is 0. The van der Waals surface area contributed by atoms with Gasteiger partial charge >= 0.3 is 7.12 Å². The zero-order chi connectivity index (χ0) is 14.8. The molecule has 1 aliphatic rings. The van der Waals surface area contributed by atoms with Crippen molar-refractivity contribution in [1.82, 2.24) is 0 Å². The molecule has 1 aliphatic heterocycles. The molecule has 1 unspecified atom stereocenters. The van der Waals surface area contributed by atoms with Gasteiger partial charge in [0.1, 0.15) is 0 Å². The van der Waals surface area contributed by atoms with Crippen LogP contribution >= 0.6 is 0 Å². The van der Waals surface area contributed by atoms with Crippen molar-refractivity contribution in [2.75, 3.05) is 0 Å². The molecule has 0 radical (unpaired) electrons. The van der Waals surface area contributed by atoms with Crippen LogP contribution in [0.5, 0.6) is 0 Å². The summed E-state index contributed by atoms with van der Waals surface area (Å²) in [7, 11) is -0.643. The quantitative estimate of drug-likeness (QED) is 0.368. The number of halogens is 1. The third-order valence-electron chi connectivity index (χ3n) is 3.48. The minimum atomic E-state index is -1.45. The molecule has 2 N–H and O–H groups in total. The number of nitrogens with two attached hydrogens (primary N) is 1. The first kappa shape index (κ1) is 15.9. The second-order valence-corrected chi connectivity index (χ2v) is 5.72. The van der Waals surface area contributed by atoms with Gasteiger partial charge in [0.15, 0.2) is 0 Å². The Bertz CT molecular complexity index is 403. The topological polar surface area (TPSA) is 56.8 Å². The highest BCUT2D eigenvalue weighted by atomic mass is 19.1. The Hall–Kier alpha value is -1.14. The van der Waals surface area contributed by atoms with Crippen molar-refractivity contribution >= 4 is 13.3 Å². The smallest absolute Gasteiger partial charge is 0.405 e. The van der Waals surface area contributed by atoms with E-state index in [-0.39, 0.29) is 0 Å². The molecule has 4 nitrogen and oxygen atoms in total. The average molecular weight is 268 g/mol. The van der Waals surface area contributed by atoms with E-state index in [0.717, 1.165) is 0 Å². The molecule has 19 heavy (non-hydrogen) atoms. The molecule has 1 rings (SSSR count). The lowest BCUT2D eigenvalue weighted by molar-refractivity contribution is 0.00578. The number of alkyl halides is 1. The van der Waals surface area contributed by atoms with E-state index in [1.54, 1.807) is 6.92 Å². The van der Waals surface area contributed by atoms with Crippen molar-refractivity contribution in [2.24, 2.45) is 10.7 Å². The number of aliphatic imine (C=N–C) groups is 1. The van der Waals surface area contributed by atoms with Crippen molar-refractivity contribution in [3.05, 3.63) is 23.8 Å². The van der Waals surface area contributed by atoms with E-state index in [1.807, 2.05) is 27.7 Å². The Morgan fingerprint density at radius 2 is 1.79 bits per heavy atom. The van der Waals surface area contributed by atoms with Crippen molar-refractivity contribution < 1.29 is 13.7 Å². The second-order valence-electron chi connectivity index (χ2n) is 5.72. The van der Waals surface area contributed by atoms with Gasteiger partial charge in [0.25, 0.3) is 0 Å². The Morgan fingerprint density at radius 3 is 2.16 bits per heavy atom. The Labute approximate surface area is 114 Å². The van der Waals surface area contributed by atoms with Crippen molar-refractivity contribution in [1.29, 1.82) is 0 Å². The fraction of sp³-hybridized carbons (Fsp3) is 0.615. The third-order valence-corrected chi connectivity index (χ3v) is 3.48. The number of rotatable bonds is 4. The minimum Gasteiger partial charge on any atom is -0.405 e. The molecule has 1 fully saturated rings. The van der Waals surface area contributed by atoms with E-state index in [2.05, 4.69) is 11.6 Å². The van der Waals surface area contributed by atoms with E-state index < -0.39 is 24.6 Å². The van der Waals surface area contributed by atoms with E-state index in [9.17, 15) is 4.39 Å². The first-order valence-corrected chi connectivity index (χ1v) is 6.21. The van der Waals surface area contributed by atoms with Crippen LogP contribution in [0.3, 0.4) is 0 Å². The Morgan fingerprint density at radius 1 is 1.32 bits per heavy atom. The molecule has 106 valence electrons. The first-order valence-electron chi connectivity index (χ1n) is 6.21. The largest absolute Gasteiger partial charge is 0.497 e. The predicted octanol–water partition coefficient (Wildman–Crippen LogP) is 2.40. The van der Waals surface area contributed by atoms with Gasteiger partial charge in [-0.15, -0.1) is 0 Å². The molecule has 0 bridgehead atoms. The van der Waals surface area contributed by atoms with Gasteiger partial charge in [-0.2, -0.15) is 0 Å². The summed E-state index contributed by atoms with van der Waals surface area (Å²) in [6.45, 7) is 12.8. The van der Waals surface area contributed by atoms with Crippen molar-refractivity contribution in [3.63, 3.8) is 0 Å². The maximum Gasteiger partial charge on any atom is 0.497 e. The highest BCUT2D eigenvalue weighted by Gasteiger charge is 2.52. The zero-order valence-electron chi connectivity index (χ0n) is 12.2. The van der Waals surface area contributed by atoms with Crippen LogP contribution in [0.15, 0.2) is 28.8 Å². The minimum absolute atomic E-state index is 0.335. The molecular formula is C13H22BFN2O2. The van der Waals surface area contributed by atoms with Gasteiger partial charge in [-0.25, -0.2) is 4.39 Å². The summed E-state index contributed by atoms with van der Waals surface area (Å²) in [4.78, 5) is 3.74. The SMILES string of the molecule is C=C(C)C(F)/N=C/C(=C\N)B1OC(C)(C)C(C)(C)O1. The van der Waals surface area contributed by atoms with Crippen LogP contribution in [0.1, 0.15) is 34.6 Å². The molecule has 0 aromatic carbocycles. The Kier molecular flexibility index (Phi) is 4.58. The fourth-order valence-electron chi connectivity index (χ4n) is 1.44. The molecule has 0 amide bonds. The van der Waals surface area contributed by atoms with E-state index in [1.165, 1.54) is 12.4 Å². The number of nitrogens with zero attached hydrogens (tertiary/aromatic N) is 1. The molecule has 1 saturated heterocycles. The van der Waals surface area contributed by atoms with E-state index >= 15 is 0 Å². The van der Waals surface area contributed by atoms with Crippen molar-refractivity contribution in [2.45, 2.75) is 52.1 Å². The standard InChI is InChI=1S/C13H22BFN2O2/c1-9(2)11(15)17-8-10(7-16)14-18-12(3,4)13(5,6)19-14/h7-8,11H,1,16H2,2-6H3/b10-7+,17-8+. The van der Waals surface area contributed by atoms with Gasteiger partial charge in [-0.3, -0.25) is 4.99 Å². The molecule has 0 aromatic heterocycles. The van der Waals surface area contributed by atoms with E-state index in [4.69, 9.17) is 15.0 Å². The molecule has 6 heteroatoms. The second kappa shape index (κ2) is 5.47. The van der Waals surface area contributed by atoms with Crippen LogP contribution in [-0.2, 0) is 9.31 Å². The number of allylic oxidation sites excluding steroid dienone is 1. The van der Waals surface area contributed by atoms with Gasteiger partial charge in [-0.1, -0.05) is 6.58 Å². The van der Waals surface area contributed by atoms with Crippen LogP contribution in [0.4, 0.5) is 4.39 Å². The predicted molar refractivity (Wildman–Crippen MR) is 76.6 cm³/mol. The summed E-state index contributed by atoms with van der Waals surface area (Å²) in [5.74, 6) is 0. The highest BCUT2D eigenvalue weighted by molar-refractivity contribution is 6.60. The molecule has 1 atom stereocenters. The maximum atomic E-state index is 13.4. The third kappa shape index (κ3) is 3.45. The fourth-order valence-corrected chi connectivity index (χ4v) is 1.44. The summed E-state index contributed by atoms with van der Waals surface area (Å²) in [6, 6.07) is 0. The number of hydrogen-bond donors (Lipinski definition) is 1. The molecule has 0 aromatic rings. The Balaban J connectivity index is 2.83. The monoisotopic (exact) mass is 268 g/mol. The van der Waals surface area contributed by atoms with Crippen LogP contribution < -0.4 is 5.73 Å². The lowest BCUT2D eigenvalue weighted by Crippen LogP contribution is -2.41. The molecule has 0 spiro atoms. The maximum absolute atomic E-state index is 13.4. The van der Waals surface area contributed by atoms with Crippen LogP contribution in [0.25, 0.3) is 0 Å². The normalized spacial score (nSPS) is 23.9. The zero-order valence-corrected chi connectivity index (χ0v) is 12.2. The average Bonchev–Trinajstić information content (AvgIpc) is 2.48. The summed E-state index contributed by atoms with van der Waals surface area (Å²) in [5.41, 5.74) is 5.42. The molecule has 0 saturated carbocycles. The lowest BCUT2D eigenvalue weighted by atomic mass is 9.79. The van der Waals surface area contributed by atoms with Gasteiger partial charge in [0.2, 0.25) is 6.30 Å². The van der Waals surface area contributed by atoms with Crippen LogP contribution in [-0.4, -0.2) is 30.8 Å².